The summed E-state index contributed by atoms with van der Waals surface area (Å²) in [6.07, 6.45) is 6.00. The molecule has 0 spiro atoms. The highest BCUT2D eigenvalue weighted by Crippen LogP contribution is 2.22. The highest BCUT2D eigenvalue weighted by atomic mass is 16.2. The number of nitrogens with zero attached hydrogens (tertiary/aromatic N) is 3. The van der Waals surface area contributed by atoms with E-state index in [9.17, 15) is 4.79 Å². The van der Waals surface area contributed by atoms with Crippen LogP contribution in [0.5, 0.6) is 0 Å². The summed E-state index contributed by atoms with van der Waals surface area (Å²) in [5.41, 5.74) is 2.66. The average Bonchev–Trinajstić information content (AvgIpc) is 3.05. The highest BCUT2D eigenvalue weighted by Gasteiger charge is 2.22. The van der Waals surface area contributed by atoms with E-state index in [1.165, 1.54) is 0 Å². The summed E-state index contributed by atoms with van der Waals surface area (Å²) in [5, 5.41) is 1.04. The van der Waals surface area contributed by atoms with E-state index in [0.29, 0.717) is 11.6 Å². The Morgan fingerprint density at radius 3 is 2.62 bits per heavy atom. The summed E-state index contributed by atoms with van der Waals surface area (Å²) in [6.45, 7) is 3.92. The number of pyridine rings is 1. The number of amides is 1. The van der Waals surface area contributed by atoms with Crippen LogP contribution in [0, 0.1) is 5.92 Å². The SMILES string of the molecule is CC1CCN(C(=O)c2cc3ccn(-c4ccccc4)c3cn2)CC1. The van der Waals surface area contributed by atoms with Crippen LogP contribution in [0.25, 0.3) is 16.6 Å². The molecule has 122 valence electrons. The molecule has 0 atom stereocenters. The lowest BCUT2D eigenvalue weighted by atomic mass is 9.99. The number of benzene rings is 1. The van der Waals surface area contributed by atoms with E-state index in [2.05, 4.69) is 28.6 Å². The third kappa shape index (κ3) is 2.68. The largest absolute Gasteiger partial charge is 0.337 e. The molecule has 0 N–H and O–H groups in total. The second kappa shape index (κ2) is 6.11. The van der Waals surface area contributed by atoms with Crippen LogP contribution in [0.2, 0.25) is 0 Å². The number of carbonyl (C=O) groups is 1. The van der Waals surface area contributed by atoms with Crippen LogP contribution in [-0.4, -0.2) is 33.4 Å². The number of likely N-dealkylation sites (tertiary alicyclic amines) is 1. The fourth-order valence-electron chi connectivity index (χ4n) is 3.34. The molecule has 1 amide bonds. The van der Waals surface area contributed by atoms with Gasteiger partial charge in [-0.3, -0.25) is 4.79 Å². The van der Waals surface area contributed by atoms with E-state index in [1.54, 1.807) is 0 Å². The summed E-state index contributed by atoms with van der Waals surface area (Å²) in [7, 11) is 0. The van der Waals surface area contributed by atoms with E-state index in [0.717, 1.165) is 42.5 Å². The van der Waals surface area contributed by atoms with Crippen LogP contribution in [0.4, 0.5) is 0 Å². The van der Waals surface area contributed by atoms with Crippen molar-refractivity contribution >= 4 is 16.8 Å². The van der Waals surface area contributed by atoms with E-state index < -0.39 is 0 Å². The predicted molar refractivity (Wildman–Crippen MR) is 95.4 cm³/mol. The van der Waals surface area contributed by atoms with Gasteiger partial charge in [0.05, 0.1) is 11.7 Å². The lowest BCUT2D eigenvalue weighted by Gasteiger charge is -2.30. The predicted octanol–water partition coefficient (Wildman–Crippen LogP) is 3.90. The summed E-state index contributed by atoms with van der Waals surface area (Å²) < 4.78 is 2.10. The fraction of sp³-hybridized carbons (Fsp3) is 0.300. The second-order valence-electron chi connectivity index (χ2n) is 6.62. The maximum Gasteiger partial charge on any atom is 0.272 e. The zero-order valence-electron chi connectivity index (χ0n) is 13.9. The van der Waals surface area contributed by atoms with E-state index in [-0.39, 0.29) is 5.91 Å². The van der Waals surface area contributed by atoms with Crippen molar-refractivity contribution in [1.29, 1.82) is 0 Å². The Balaban J connectivity index is 1.64. The molecule has 0 saturated carbocycles. The van der Waals surface area contributed by atoms with Crippen molar-refractivity contribution in [3.8, 4) is 5.69 Å². The van der Waals surface area contributed by atoms with Gasteiger partial charge in [0.15, 0.2) is 0 Å². The maximum absolute atomic E-state index is 12.7. The number of hydrogen-bond acceptors (Lipinski definition) is 2. The standard InChI is InChI=1S/C20H21N3O/c1-15-7-10-22(11-8-15)20(24)18-13-16-9-12-23(19(16)14-21-18)17-5-3-2-4-6-17/h2-6,9,12-15H,7-8,10-11H2,1H3. The molecule has 4 heteroatoms. The Hall–Kier alpha value is -2.62. The zero-order valence-corrected chi connectivity index (χ0v) is 13.9. The zero-order chi connectivity index (χ0) is 16.5. The van der Waals surface area contributed by atoms with Gasteiger partial charge in [0.2, 0.25) is 0 Å². The fourth-order valence-corrected chi connectivity index (χ4v) is 3.34. The molecule has 0 unspecified atom stereocenters. The van der Waals surface area contributed by atoms with Crippen molar-refractivity contribution in [3.05, 3.63) is 60.6 Å². The van der Waals surface area contributed by atoms with Crippen molar-refractivity contribution in [2.24, 2.45) is 5.92 Å². The molecule has 1 aromatic carbocycles. The molecule has 0 radical (unpaired) electrons. The third-order valence-corrected chi connectivity index (χ3v) is 4.90. The van der Waals surface area contributed by atoms with Gasteiger partial charge < -0.3 is 9.47 Å². The van der Waals surface area contributed by atoms with Crippen molar-refractivity contribution < 1.29 is 4.79 Å². The van der Waals surface area contributed by atoms with Gasteiger partial charge in [0.1, 0.15) is 5.69 Å². The normalized spacial score (nSPS) is 15.8. The molecule has 2 aromatic heterocycles. The van der Waals surface area contributed by atoms with Gasteiger partial charge in [-0.1, -0.05) is 25.1 Å². The lowest BCUT2D eigenvalue weighted by Crippen LogP contribution is -2.38. The Kier molecular flexibility index (Phi) is 3.81. The van der Waals surface area contributed by atoms with Crippen molar-refractivity contribution in [2.75, 3.05) is 13.1 Å². The van der Waals surface area contributed by atoms with Crippen molar-refractivity contribution in [3.63, 3.8) is 0 Å². The molecule has 1 aliphatic heterocycles. The molecule has 3 heterocycles. The van der Waals surface area contributed by atoms with Crippen molar-refractivity contribution in [1.82, 2.24) is 14.5 Å². The minimum Gasteiger partial charge on any atom is -0.337 e. The van der Waals surface area contributed by atoms with Gasteiger partial charge >= 0.3 is 0 Å². The van der Waals surface area contributed by atoms with Gasteiger partial charge in [-0.2, -0.15) is 0 Å². The first-order chi connectivity index (χ1) is 11.7. The summed E-state index contributed by atoms with van der Waals surface area (Å²) in [6, 6.07) is 14.1. The quantitative estimate of drug-likeness (QED) is 0.718. The Morgan fingerprint density at radius 2 is 1.88 bits per heavy atom. The monoisotopic (exact) mass is 319 g/mol. The van der Waals surface area contributed by atoms with Crippen LogP contribution < -0.4 is 0 Å². The minimum absolute atomic E-state index is 0.0521. The van der Waals surface area contributed by atoms with Gasteiger partial charge in [0, 0.05) is 30.4 Å². The number of para-hydroxylation sites is 1. The molecular formula is C20H21N3O. The van der Waals surface area contributed by atoms with Gasteiger partial charge in [-0.15, -0.1) is 0 Å². The van der Waals surface area contributed by atoms with E-state index >= 15 is 0 Å². The minimum atomic E-state index is 0.0521. The highest BCUT2D eigenvalue weighted by molar-refractivity contribution is 5.96. The molecule has 0 aliphatic carbocycles. The molecule has 4 nitrogen and oxygen atoms in total. The molecule has 1 fully saturated rings. The molecule has 4 rings (SSSR count). The topological polar surface area (TPSA) is 38.1 Å². The lowest BCUT2D eigenvalue weighted by molar-refractivity contribution is 0.0691. The number of rotatable bonds is 2. The first kappa shape index (κ1) is 14.9. The Labute approximate surface area is 141 Å². The summed E-state index contributed by atoms with van der Waals surface area (Å²) >= 11 is 0. The van der Waals surface area contributed by atoms with Gasteiger partial charge in [-0.25, -0.2) is 4.98 Å². The summed E-state index contributed by atoms with van der Waals surface area (Å²) in [5.74, 6) is 0.764. The van der Waals surface area contributed by atoms with Gasteiger partial charge in [-0.05, 0) is 43.0 Å². The van der Waals surface area contributed by atoms with E-state index in [4.69, 9.17) is 0 Å². The summed E-state index contributed by atoms with van der Waals surface area (Å²) in [4.78, 5) is 19.1. The van der Waals surface area contributed by atoms with Crippen LogP contribution >= 0.6 is 0 Å². The van der Waals surface area contributed by atoms with Crippen LogP contribution in [0.1, 0.15) is 30.3 Å². The third-order valence-electron chi connectivity index (χ3n) is 4.90. The molecule has 1 saturated heterocycles. The number of carbonyl (C=O) groups excluding carboxylic acids is 1. The number of hydrogen-bond donors (Lipinski definition) is 0. The first-order valence-corrected chi connectivity index (χ1v) is 8.54. The van der Waals surface area contributed by atoms with Crippen LogP contribution in [0.3, 0.4) is 0 Å². The smallest absolute Gasteiger partial charge is 0.272 e. The van der Waals surface area contributed by atoms with Gasteiger partial charge in [0.25, 0.3) is 5.91 Å². The molecule has 1 aliphatic rings. The number of aromatic nitrogens is 2. The molecule has 24 heavy (non-hydrogen) atoms. The van der Waals surface area contributed by atoms with Crippen molar-refractivity contribution in [2.45, 2.75) is 19.8 Å². The first-order valence-electron chi connectivity index (χ1n) is 8.54. The number of fused-ring (bicyclic) bond motifs is 1. The molecular weight excluding hydrogens is 298 g/mol. The maximum atomic E-state index is 12.7. The van der Waals surface area contributed by atoms with E-state index in [1.807, 2.05) is 47.6 Å². The average molecular weight is 319 g/mol. The Bertz CT molecular complexity index is 861. The molecule has 3 aromatic rings. The number of piperidine rings is 1. The molecule has 0 bridgehead atoms. The Morgan fingerprint density at radius 1 is 1.12 bits per heavy atom. The second-order valence-corrected chi connectivity index (χ2v) is 6.62. The van der Waals surface area contributed by atoms with Crippen LogP contribution in [-0.2, 0) is 0 Å². The van der Waals surface area contributed by atoms with Crippen LogP contribution in [0.15, 0.2) is 54.9 Å².